The Morgan fingerprint density at radius 1 is 1.15 bits per heavy atom. The van der Waals surface area contributed by atoms with Crippen LogP contribution in [0, 0.1) is 5.92 Å². The SMILES string of the molecule is CC1CCCC(NC(=O)CN2CCN(C(=O)C(N)c3ccccc3)CC2)C1. The van der Waals surface area contributed by atoms with Crippen LogP contribution >= 0.6 is 0 Å². The molecule has 2 aliphatic rings. The first-order valence-corrected chi connectivity index (χ1v) is 10.1. The molecule has 3 N–H and O–H groups in total. The molecule has 1 aromatic rings. The Hall–Kier alpha value is -1.92. The van der Waals surface area contributed by atoms with Crippen molar-refractivity contribution in [2.24, 2.45) is 11.7 Å². The number of amides is 2. The fourth-order valence-electron chi connectivity index (χ4n) is 4.17. The van der Waals surface area contributed by atoms with Gasteiger partial charge in [-0.25, -0.2) is 0 Å². The summed E-state index contributed by atoms with van der Waals surface area (Å²) in [4.78, 5) is 28.9. The molecule has 1 aromatic carbocycles. The van der Waals surface area contributed by atoms with Gasteiger partial charge in [0.05, 0.1) is 6.54 Å². The molecule has 1 heterocycles. The number of nitrogens with one attached hydrogen (secondary N) is 1. The number of carbonyl (C=O) groups is 2. The van der Waals surface area contributed by atoms with Gasteiger partial charge in [0.15, 0.2) is 0 Å². The van der Waals surface area contributed by atoms with E-state index in [1.807, 2.05) is 35.2 Å². The molecule has 6 heteroatoms. The fourth-order valence-corrected chi connectivity index (χ4v) is 4.17. The highest BCUT2D eigenvalue weighted by Crippen LogP contribution is 2.23. The van der Waals surface area contributed by atoms with Crippen LogP contribution in [0.2, 0.25) is 0 Å². The number of benzene rings is 1. The Morgan fingerprint density at radius 2 is 1.85 bits per heavy atom. The monoisotopic (exact) mass is 372 g/mol. The Balaban J connectivity index is 1.42. The Bertz CT molecular complexity index is 628. The van der Waals surface area contributed by atoms with Crippen LogP contribution in [0.5, 0.6) is 0 Å². The quantitative estimate of drug-likeness (QED) is 0.822. The number of piperazine rings is 1. The number of rotatable bonds is 5. The minimum atomic E-state index is -0.616. The first-order chi connectivity index (χ1) is 13.0. The minimum absolute atomic E-state index is 0.0403. The summed E-state index contributed by atoms with van der Waals surface area (Å²) in [5, 5.41) is 3.19. The molecule has 3 atom stereocenters. The maximum atomic E-state index is 12.6. The highest BCUT2D eigenvalue weighted by Gasteiger charge is 2.27. The molecule has 2 fully saturated rings. The van der Waals surface area contributed by atoms with Crippen molar-refractivity contribution in [1.82, 2.24) is 15.1 Å². The van der Waals surface area contributed by atoms with Gasteiger partial charge in [-0.3, -0.25) is 14.5 Å². The normalized spacial score (nSPS) is 25.0. The number of carbonyl (C=O) groups excluding carboxylic acids is 2. The minimum Gasteiger partial charge on any atom is -0.352 e. The standard InChI is InChI=1S/C21H32N4O2/c1-16-6-5-9-18(14-16)23-19(26)15-24-10-12-25(13-11-24)21(27)20(22)17-7-3-2-4-8-17/h2-4,7-8,16,18,20H,5-6,9-15,22H2,1H3,(H,23,26). The van der Waals surface area contributed by atoms with Gasteiger partial charge in [0, 0.05) is 32.2 Å². The van der Waals surface area contributed by atoms with E-state index in [4.69, 9.17) is 5.73 Å². The summed E-state index contributed by atoms with van der Waals surface area (Å²) in [6, 6.07) is 9.18. The summed E-state index contributed by atoms with van der Waals surface area (Å²) < 4.78 is 0. The molecule has 3 rings (SSSR count). The number of hydrogen-bond acceptors (Lipinski definition) is 4. The maximum Gasteiger partial charge on any atom is 0.244 e. The van der Waals surface area contributed by atoms with Crippen LogP contribution in [0.15, 0.2) is 30.3 Å². The van der Waals surface area contributed by atoms with Gasteiger partial charge in [-0.2, -0.15) is 0 Å². The zero-order valence-electron chi connectivity index (χ0n) is 16.3. The van der Waals surface area contributed by atoms with Crippen LogP contribution in [0.1, 0.15) is 44.2 Å². The van der Waals surface area contributed by atoms with Crippen LogP contribution in [-0.4, -0.2) is 60.4 Å². The lowest BCUT2D eigenvalue weighted by molar-refractivity contribution is -0.134. The van der Waals surface area contributed by atoms with Crippen molar-refractivity contribution < 1.29 is 9.59 Å². The molecule has 3 unspecified atom stereocenters. The summed E-state index contributed by atoms with van der Waals surface area (Å²) in [6.07, 6.45) is 4.66. The molecule has 0 radical (unpaired) electrons. The third-order valence-corrected chi connectivity index (χ3v) is 5.78. The molecule has 0 spiro atoms. The second-order valence-electron chi connectivity index (χ2n) is 8.03. The van der Waals surface area contributed by atoms with Crippen LogP contribution in [0.3, 0.4) is 0 Å². The molecule has 148 valence electrons. The van der Waals surface area contributed by atoms with Gasteiger partial charge < -0.3 is 16.0 Å². The van der Waals surface area contributed by atoms with Crippen LogP contribution < -0.4 is 11.1 Å². The van der Waals surface area contributed by atoms with E-state index in [1.54, 1.807) is 0 Å². The number of hydrogen-bond donors (Lipinski definition) is 2. The van der Waals surface area contributed by atoms with Gasteiger partial charge in [0.2, 0.25) is 11.8 Å². The summed E-state index contributed by atoms with van der Waals surface area (Å²) in [6.45, 7) is 5.33. The molecule has 1 saturated carbocycles. The zero-order chi connectivity index (χ0) is 19.2. The average molecular weight is 373 g/mol. The van der Waals surface area contributed by atoms with Crippen molar-refractivity contribution in [3.8, 4) is 0 Å². The topological polar surface area (TPSA) is 78.7 Å². The van der Waals surface area contributed by atoms with Crippen LogP contribution in [0.25, 0.3) is 0 Å². The smallest absolute Gasteiger partial charge is 0.244 e. The Labute approximate surface area is 162 Å². The van der Waals surface area contributed by atoms with Crippen LogP contribution in [0.4, 0.5) is 0 Å². The van der Waals surface area contributed by atoms with E-state index in [1.165, 1.54) is 12.8 Å². The molecule has 0 aromatic heterocycles. The van der Waals surface area contributed by atoms with E-state index < -0.39 is 6.04 Å². The lowest BCUT2D eigenvalue weighted by atomic mass is 9.87. The molecule has 2 amide bonds. The molecule has 1 aliphatic carbocycles. The molecular weight excluding hydrogens is 340 g/mol. The number of nitrogens with zero attached hydrogens (tertiary/aromatic N) is 2. The van der Waals surface area contributed by atoms with Gasteiger partial charge in [-0.15, -0.1) is 0 Å². The Morgan fingerprint density at radius 3 is 2.52 bits per heavy atom. The number of nitrogens with two attached hydrogens (primary N) is 1. The van der Waals surface area contributed by atoms with E-state index in [0.29, 0.717) is 44.7 Å². The predicted octanol–water partition coefficient (Wildman–Crippen LogP) is 1.53. The summed E-state index contributed by atoms with van der Waals surface area (Å²) in [5.74, 6) is 0.767. The van der Waals surface area contributed by atoms with Crippen molar-refractivity contribution in [2.75, 3.05) is 32.7 Å². The highest BCUT2D eigenvalue weighted by atomic mass is 16.2. The summed E-state index contributed by atoms with van der Waals surface area (Å²) in [5.41, 5.74) is 6.97. The second kappa shape index (κ2) is 9.33. The summed E-state index contributed by atoms with van der Waals surface area (Å²) >= 11 is 0. The largest absolute Gasteiger partial charge is 0.352 e. The third kappa shape index (κ3) is 5.53. The lowest BCUT2D eigenvalue weighted by Crippen LogP contribution is -2.53. The van der Waals surface area contributed by atoms with Gasteiger partial charge in [0.1, 0.15) is 6.04 Å². The van der Waals surface area contributed by atoms with Gasteiger partial charge >= 0.3 is 0 Å². The van der Waals surface area contributed by atoms with Crippen molar-refractivity contribution in [1.29, 1.82) is 0 Å². The van der Waals surface area contributed by atoms with E-state index in [2.05, 4.69) is 17.1 Å². The van der Waals surface area contributed by atoms with Gasteiger partial charge in [-0.05, 0) is 24.3 Å². The van der Waals surface area contributed by atoms with E-state index >= 15 is 0 Å². The Kier molecular flexibility index (Phi) is 6.85. The van der Waals surface area contributed by atoms with Crippen molar-refractivity contribution in [3.63, 3.8) is 0 Å². The van der Waals surface area contributed by atoms with Crippen molar-refractivity contribution in [3.05, 3.63) is 35.9 Å². The molecule has 1 saturated heterocycles. The average Bonchev–Trinajstić information content (AvgIpc) is 2.68. The van der Waals surface area contributed by atoms with Crippen LogP contribution in [-0.2, 0) is 9.59 Å². The molecule has 1 aliphatic heterocycles. The molecule has 27 heavy (non-hydrogen) atoms. The first-order valence-electron chi connectivity index (χ1n) is 10.1. The van der Waals surface area contributed by atoms with E-state index in [9.17, 15) is 9.59 Å². The molecule has 0 bridgehead atoms. The van der Waals surface area contributed by atoms with E-state index in [0.717, 1.165) is 18.4 Å². The lowest BCUT2D eigenvalue weighted by Gasteiger charge is -2.36. The van der Waals surface area contributed by atoms with Crippen molar-refractivity contribution >= 4 is 11.8 Å². The highest BCUT2D eigenvalue weighted by molar-refractivity contribution is 5.83. The fraction of sp³-hybridized carbons (Fsp3) is 0.619. The first kappa shape index (κ1) is 19.8. The van der Waals surface area contributed by atoms with Gasteiger partial charge in [-0.1, -0.05) is 50.1 Å². The van der Waals surface area contributed by atoms with Gasteiger partial charge in [0.25, 0.3) is 0 Å². The zero-order valence-corrected chi connectivity index (χ0v) is 16.3. The second-order valence-corrected chi connectivity index (χ2v) is 8.03. The molecular formula is C21H32N4O2. The summed E-state index contributed by atoms with van der Waals surface area (Å²) in [7, 11) is 0. The maximum absolute atomic E-state index is 12.6. The van der Waals surface area contributed by atoms with E-state index in [-0.39, 0.29) is 11.8 Å². The molecule has 6 nitrogen and oxygen atoms in total. The predicted molar refractivity (Wildman–Crippen MR) is 106 cm³/mol. The van der Waals surface area contributed by atoms with Crippen molar-refractivity contribution in [2.45, 2.75) is 44.7 Å². The third-order valence-electron chi connectivity index (χ3n) is 5.78.